The van der Waals surface area contributed by atoms with Gasteiger partial charge in [0.05, 0.1) is 7.11 Å². The van der Waals surface area contributed by atoms with E-state index >= 15 is 0 Å². The fraction of sp³-hybridized carbons (Fsp3) is 0.571. The molecule has 0 bridgehead atoms. The highest BCUT2D eigenvalue weighted by Gasteiger charge is 2.36. The van der Waals surface area contributed by atoms with Gasteiger partial charge in [-0.3, -0.25) is 0 Å². The molecule has 0 aliphatic carbocycles. The first-order valence-electron chi connectivity index (χ1n) is 6.95. The summed E-state index contributed by atoms with van der Waals surface area (Å²) in [6.07, 6.45) is 1.65. The minimum Gasteiger partial charge on any atom is -0.495 e. The van der Waals surface area contributed by atoms with Gasteiger partial charge >= 0.3 is 0 Å². The predicted molar refractivity (Wildman–Crippen MR) is 85.8 cm³/mol. The van der Waals surface area contributed by atoms with Gasteiger partial charge in [0.25, 0.3) is 0 Å². The fourth-order valence-electron chi connectivity index (χ4n) is 2.74. The molecule has 1 fully saturated rings. The van der Waals surface area contributed by atoms with Crippen LogP contribution in [0.25, 0.3) is 0 Å². The van der Waals surface area contributed by atoms with E-state index in [9.17, 15) is 8.42 Å². The van der Waals surface area contributed by atoms with Gasteiger partial charge in [-0.05, 0) is 37.0 Å². The van der Waals surface area contributed by atoms with Gasteiger partial charge < -0.3 is 10.5 Å². The average Bonchev–Trinajstić information content (AvgIpc) is 2.46. The number of benzene rings is 1. The van der Waals surface area contributed by atoms with E-state index < -0.39 is 10.0 Å². The van der Waals surface area contributed by atoms with Gasteiger partial charge in [-0.2, -0.15) is 4.31 Å². The van der Waals surface area contributed by atoms with E-state index in [4.69, 9.17) is 10.5 Å². The molecule has 2 unspecified atom stereocenters. The molecule has 7 heteroatoms. The van der Waals surface area contributed by atoms with Crippen molar-refractivity contribution in [1.82, 2.24) is 4.31 Å². The highest BCUT2D eigenvalue weighted by Crippen LogP contribution is 2.33. The van der Waals surface area contributed by atoms with E-state index in [-0.39, 0.29) is 10.9 Å². The van der Waals surface area contributed by atoms with E-state index in [1.807, 2.05) is 0 Å². The Labute approximate surface area is 134 Å². The lowest BCUT2D eigenvalue weighted by Crippen LogP contribution is -2.49. The number of nitrogens with zero attached hydrogens (tertiary/aromatic N) is 1. The lowest BCUT2D eigenvalue weighted by Gasteiger charge is -2.37. The van der Waals surface area contributed by atoms with Crippen molar-refractivity contribution in [1.29, 1.82) is 0 Å². The lowest BCUT2D eigenvalue weighted by molar-refractivity contribution is 0.210. The van der Waals surface area contributed by atoms with Crippen molar-refractivity contribution >= 4 is 26.0 Å². The molecule has 2 atom stereocenters. The van der Waals surface area contributed by atoms with Gasteiger partial charge in [0.2, 0.25) is 10.0 Å². The Kier molecular flexibility index (Phi) is 5.29. The largest absolute Gasteiger partial charge is 0.495 e. The lowest BCUT2D eigenvalue weighted by atomic mass is 9.94. The summed E-state index contributed by atoms with van der Waals surface area (Å²) < 4.78 is 33.4. The van der Waals surface area contributed by atoms with Gasteiger partial charge in [0.15, 0.2) is 0 Å². The number of hydrogen-bond donors (Lipinski definition) is 1. The number of methoxy groups -OCH3 is 1. The van der Waals surface area contributed by atoms with E-state index in [0.29, 0.717) is 29.2 Å². The maximum atomic E-state index is 13.0. The molecule has 1 heterocycles. The van der Waals surface area contributed by atoms with Crippen LogP contribution < -0.4 is 10.5 Å². The summed E-state index contributed by atoms with van der Waals surface area (Å²) in [6.45, 7) is 2.97. The second-order valence-electron chi connectivity index (χ2n) is 5.43. The molecule has 5 nitrogen and oxygen atoms in total. The Morgan fingerprint density at radius 2 is 2.19 bits per heavy atom. The average molecular weight is 377 g/mol. The molecule has 2 N–H and O–H groups in total. The van der Waals surface area contributed by atoms with Crippen LogP contribution >= 0.6 is 15.9 Å². The summed E-state index contributed by atoms with van der Waals surface area (Å²) in [7, 11) is -2.14. The molecule has 1 aromatic carbocycles. The van der Waals surface area contributed by atoms with Crippen molar-refractivity contribution < 1.29 is 13.2 Å². The van der Waals surface area contributed by atoms with Crippen molar-refractivity contribution in [2.24, 2.45) is 11.7 Å². The first kappa shape index (κ1) is 16.7. The van der Waals surface area contributed by atoms with Crippen LogP contribution in [0.1, 0.15) is 19.8 Å². The van der Waals surface area contributed by atoms with Crippen LogP contribution in [0.3, 0.4) is 0 Å². The summed E-state index contributed by atoms with van der Waals surface area (Å²) in [5, 5.41) is 0. The second-order valence-corrected chi connectivity index (χ2v) is 8.20. The predicted octanol–water partition coefficient (Wildman–Crippen LogP) is 2.21. The number of nitrogens with two attached hydrogens (primary N) is 1. The number of halogens is 1. The minimum atomic E-state index is -3.61. The van der Waals surface area contributed by atoms with Crippen molar-refractivity contribution in [3.63, 3.8) is 0 Å². The molecule has 1 aromatic rings. The molecular formula is C14H21BrN2O3S. The van der Waals surface area contributed by atoms with E-state index in [1.165, 1.54) is 11.4 Å². The van der Waals surface area contributed by atoms with E-state index in [1.54, 1.807) is 18.2 Å². The van der Waals surface area contributed by atoms with Crippen LogP contribution in [-0.4, -0.2) is 39.0 Å². The first-order valence-corrected chi connectivity index (χ1v) is 9.19. The number of piperidine rings is 1. The molecule has 0 aromatic heterocycles. The smallest absolute Gasteiger partial charge is 0.247 e. The molecule has 0 spiro atoms. The summed E-state index contributed by atoms with van der Waals surface area (Å²) in [6, 6.07) is 4.85. The standard InChI is InChI=1S/C14H21BrN2O3S/c1-10-5-6-17(12(7-10)9-16)21(18,19)14-8-11(15)3-4-13(14)20-2/h3-4,8,10,12H,5-7,9,16H2,1-2H3. The molecular weight excluding hydrogens is 356 g/mol. The van der Waals surface area contributed by atoms with Gasteiger partial charge in [-0.15, -0.1) is 0 Å². The Bertz CT molecular complexity index is 606. The van der Waals surface area contributed by atoms with Crippen molar-refractivity contribution in [3.8, 4) is 5.75 Å². The molecule has 1 saturated heterocycles. The second kappa shape index (κ2) is 6.64. The Morgan fingerprint density at radius 3 is 2.81 bits per heavy atom. The number of rotatable bonds is 4. The van der Waals surface area contributed by atoms with E-state index in [0.717, 1.165) is 12.8 Å². The summed E-state index contributed by atoms with van der Waals surface area (Å²) in [5.41, 5.74) is 5.78. The zero-order chi connectivity index (χ0) is 15.6. The minimum absolute atomic E-state index is 0.151. The van der Waals surface area contributed by atoms with Gasteiger partial charge in [0, 0.05) is 23.6 Å². The highest BCUT2D eigenvalue weighted by molar-refractivity contribution is 9.10. The van der Waals surface area contributed by atoms with Gasteiger partial charge in [-0.25, -0.2) is 8.42 Å². The van der Waals surface area contributed by atoms with Gasteiger partial charge in [-0.1, -0.05) is 22.9 Å². The Balaban J connectivity index is 2.44. The molecule has 0 saturated carbocycles. The van der Waals surface area contributed by atoms with Crippen LogP contribution in [0, 0.1) is 5.92 Å². The number of sulfonamides is 1. The molecule has 0 amide bonds. The Morgan fingerprint density at radius 1 is 1.48 bits per heavy atom. The molecule has 0 radical (unpaired) electrons. The maximum Gasteiger partial charge on any atom is 0.247 e. The van der Waals surface area contributed by atoms with Crippen molar-refractivity contribution in [2.75, 3.05) is 20.2 Å². The summed E-state index contributed by atoms with van der Waals surface area (Å²) in [5.74, 6) is 0.849. The zero-order valence-corrected chi connectivity index (χ0v) is 14.7. The Hall–Kier alpha value is -0.630. The van der Waals surface area contributed by atoms with E-state index in [2.05, 4.69) is 22.9 Å². The fourth-order valence-corrected chi connectivity index (χ4v) is 5.10. The molecule has 1 aliphatic rings. The van der Waals surface area contributed by atoms with Crippen LogP contribution in [0.15, 0.2) is 27.6 Å². The maximum absolute atomic E-state index is 13.0. The first-order chi connectivity index (χ1) is 9.90. The SMILES string of the molecule is COc1ccc(Br)cc1S(=O)(=O)N1CCC(C)CC1CN. The third-order valence-electron chi connectivity index (χ3n) is 3.91. The summed E-state index contributed by atoms with van der Waals surface area (Å²) >= 11 is 3.32. The van der Waals surface area contributed by atoms with Crippen LogP contribution in [0.5, 0.6) is 5.75 Å². The van der Waals surface area contributed by atoms with Gasteiger partial charge in [0.1, 0.15) is 10.6 Å². The van der Waals surface area contributed by atoms with Crippen molar-refractivity contribution in [2.45, 2.75) is 30.7 Å². The third kappa shape index (κ3) is 3.41. The quantitative estimate of drug-likeness (QED) is 0.873. The monoisotopic (exact) mass is 376 g/mol. The van der Waals surface area contributed by atoms with Crippen molar-refractivity contribution in [3.05, 3.63) is 22.7 Å². The zero-order valence-electron chi connectivity index (χ0n) is 12.3. The van der Waals surface area contributed by atoms with Crippen LogP contribution in [0.2, 0.25) is 0 Å². The van der Waals surface area contributed by atoms with Crippen LogP contribution in [-0.2, 0) is 10.0 Å². The molecule has 118 valence electrons. The normalized spacial score (nSPS) is 24.0. The third-order valence-corrected chi connectivity index (χ3v) is 6.37. The molecule has 21 heavy (non-hydrogen) atoms. The van der Waals surface area contributed by atoms with Crippen LogP contribution in [0.4, 0.5) is 0 Å². The molecule has 1 aliphatic heterocycles. The number of hydrogen-bond acceptors (Lipinski definition) is 4. The highest BCUT2D eigenvalue weighted by atomic mass is 79.9. The topological polar surface area (TPSA) is 72.6 Å². The number of ether oxygens (including phenoxy) is 1. The molecule has 2 rings (SSSR count). The summed E-state index contributed by atoms with van der Waals surface area (Å²) in [4.78, 5) is 0.187.